The van der Waals surface area contributed by atoms with E-state index in [2.05, 4.69) is 63.2 Å². The molecule has 10 nitrogen and oxygen atoms in total. The van der Waals surface area contributed by atoms with E-state index in [4.69, 9.17) is 20.7 Å². The summed E-state index contributed by atoms with van der Waals surface area (Å²) >= 11 is 0. The topological polar surface area (TPSA) is 106 Å². The Hall–Kier alpha value is -1.56. The van der Waals surface area contributed by atoms with Crippen LogP contribution in [-0.2, 0) is 23.9 Å². The zero-order valence-electron chi connectivity index (χ0n) is 33.9. The molecule has 0 saturated carbocycles. The van der Waals surface area contributed by atoms with Gasteiger partial charge in [-0.05, 0) is 73.1 Å². The number of nitrogens with zero attached hydrogens (tertiary/aromatic N) is 3. The van der Waals surface area contributed by atoms with Gasteiger partial charge in [-0.15, -0.1) is 17.5 Å². The van der Waals surface area contributed by atoms with E-state index in [9.17, 15) is 19.2 Å². The van der Waals surface area contributed by atoms with E-state index in [1.54, 1.807) is 23.8 Å². The third-order valence-electron chi connectivity index (χ3n) is 6.59. The summed E-state index contributed by atoms with van der Waals surface area (Å²) in [6, 6.07) is 0. The van der Waals surface area contributed by atoms with E-state index in [-0.39, 0.29) is 75.7 Å². The first-order valence-electron chi connectivity index (χ1n) is 16.8. The number of piperidine rings is 2. The molecular weight excluding hydrogens is 747 g/mol. The van der Waals surface area contributed by atoms with Crippen LogP contribution in [0.15, 0.2) is 0 Å². The van der Waals surface area contributed by atoms with Crippen molar-refractivity contribution in [2.24, 2.45) is 11.8 Å². The number of carbonyl (C=O) groups is 4. The van der Waals surface area contributed by atoms with Gasteiger partial charge in [-0.25, -0.2) is 14.7 Å². The summed E-state index contributed by atoms with van der Waals surface area (Å²) in [7, 11) is 0.454. The molecule has 0 N–H and O–H groups in total. The Morgan fingerprint density at radius 1 is 0.740 bits per heavy atom. The number of ether oxygens (including phenoxy) is 2. The first-order valence-corrected chi connectivity index (χ1v) is 23.8. The van der Waals surface area contributed by atoms with E-state index >= 15 is 0 Å². The summed E-state index contributed by atoms with van der Waals surface area (Å²) in [5.74, 6) is 2.69. The van der Waals surface area contributed by atoms with Crippen LogP contribution in [0.5, 0.6) is 0 Å². The first-order chi connectivity index (χ1) is 21.8. The Bertz CT molecular complexity index is 1130. The van der Waals surface area contributed by atoms with Gasteiger partial charge >= 0.3 is 35.2 Å². The number of ketones is 1. The van der Waals surface area contributed by atoms with Crippen LogP contribution < -0.4 is 17.0 Å². The van der Waals surface area contributed by atoms with Crippen LogP contribution in [0.2, 0.25) is 39.3 Å². The van der Waals surface area contributed by atoms with Gasteiger partial charge in [0.1, 0.15) is 27.3 Å². The molecule has 50 heavy (non-hydrogen) atoms. The number of carbonyl (C=O) groups excluding carboxylic acids is 4. The van der Waals surface area contributed by atoms with Gasteiger partial charge in [0.15, 0.2) is 0 Å². The molecule has 2 fully saturated rings. The summed E-state index contributed by atoms with van der Waals surface area (Å²) in [5, 5.41) is 1.24. The van der Waals surface area contributed by atoms with Crippen LogP contribution in [0, 0.1) is 42.2 Å². The van der Waals surface area contributed by atoms with Crippen LogP contribution in [-0.4, -0.2) is 129 Å². The molecule has 0 spiro atoms. The minimum absolute atomic E-state index is 0. The molecule has 0 aliphatic carbocycles. The number of rotatable bonds is 3. The average Bonchev–Trinajstić information content (AvgIpc) is 2.98. The number of hydrogen-bond donors (Lipinski definition) is 0. The van der Waals surface area contributed by atoms with Crippen molar-refractivity contribution in [2.75, 3.05) is 40.3 Å². The fourth-order valence-corrected chi connectivity index (χ4v) is 4.48. The van der Waals surface area contributed by atoms with Crippen molar-refractivity contribution in [3.63, 3.8) is 0 Å². The summed E-state index contributed by atoms with van der Waals surface area (Å²) in [6.07, 6.45) is 7.17. The number of Topliss-reactive ketones (excluding diaryl/α,β-unsaturated/α-hetero) is 1. The maximum Gasteiger partial charge on any atom is 2.00 e. The van der Waals surface area contributed by atoms with E-state index in [0.29, 0.717) is 51.9 Å². The molecule has 0 bridgehead atoms. The largest absolute Gasteiger partial charge is 2.00 e. The number of amides is 3. The Morgan fingerprint density at radius 2 is 1.06 bits per heavy atom. The smallest absolute Gasteiger partial charge is 1.00 e. The van der Waals surface area contributed by atoms with Gasteiger partial charge in [-0.3, -0.25) is 14.4 Å². The third-order valence-corrected chi connectivity index (χ3v) is 8.33. The minimum Gasteiger partial charge on any atom is -1.00 e. The average molecular weight is 813 g/mol. The van der Waals surface area contributed by atoms with Gasteiger partial charge in [-0.2, -0.15) is 6.92 Å². The maximum absolute atomic E-state index is 12.1. The van der Waals surface area contributed by atoms with Crippen LogP contribution in [0.4, 0.5) is 9.59 Å². The van der Waals surface area contributed by atoms with Crippen molar-refractivity contribution in [1.29, 1.82) is 0 Å². The second kappa shape index (κ2) is 25.4. The molecule has 0 aromatic heterocycles. The second-order valence-corrected chi connectivity index (χ2v) is 25.3. The number of terminal acetylenes is 1. The van der Waals surface area contributed by atoms with E-state index in [1.165, 1.54) is 12.2 Å². The Balaban J connectivity index is -0.000000338. The molecule has 2 aliphatic heterocycles. The van der Waals surface area contributed by atoms with E-state index < -0.39 is 27.3 Å². The van der Waals surface area contributed by atoms with Crippen molar-refractivity contribution in [1.82, 2.24) is 14.9 Å². The van der Waals surface area contributed by atoms with Crippen molar-refractivity contribution in [3.05, 3.63) is 6.92 Å². The van der Waals surface area contributed by atoms with Gasteiger partial charge in [0.25, 0.3) is 0 Å². The zero-order valence-corrected chi connectivity index (χ0v) is 38.9. The maximum atomic E-state index is 12.1. The van der Waals surface area contributed by atoms with Crippen molar-refractivity contribution >= 4 is 63.1 Å². The van der Waals surface area contributed by atoms with Gasteiger partial charge in [-0.1, -0.05) is 39.3 Å². The number of hydroxylamine groups is 2. The van der Waals surface area contributed by atoms with Gasteiger partial charge in [0.2, 0.25) is 11.7 Å². The van der Waals surface area contributed by atoms with Crippen LogP contribution in [0.25, 0.3) is 0 Å². The molecule has 2 rings (SSSR count). The van der Waals surface area contributed by atoms with Gasteiger partial charge in [0.05, 0.1) is 7.11 Å². The predicted molar refractivity (Wildman–Crippen MR) is 206 cm³/mol. The van der Waals surface area contributed by atoms with Crippen LogP contribution in [0.3, 0.4) is 0 Å². The van der Waals surface area contributed by atoms with E-state index in [1.807, 2.05) is 41.5 Å². The van der Waals surface area contributed by atoms with Crippen LogP contribution in [0.1, 0.15) is 74.1 Å². The molecule has 0 radical (unpaired) electrons. The quantitative estimate of drug-likeness (QED) is 0.186. The summed E-state index contributed by atoms with van der Waals surface area (Å²) in [4.78, 5) is 56.0. The number of halogens is 1. The number of hydrogen-bond acceptors (Lipinski definition) is 7. The predicted octanol–water partition coefficient (Wildman–Crippen LogP) is 3.70. The van der Waals surface area contributed by atoms with Crippen LogP contribution >= 0.6 is 0 Å². The third kappa shape index (κ3) is 27.1. The van der Waals surface area contributed by atoms with Gasteiger partial charge < -0.3 is 43.2 Å². The molecule has 2 heterocycles. The Labute approximate surface area is 333 Å². The van der Waals surface area contributed by atoms with Crippen molar-refractivity contribution < 1.29 is 50.5 Å². The van der Waals surface area contributed by atoms with E-state index in [0.717, 1.165) is 0 Å². The number of likely N-dealkylation sites (tertiary alicyclic amines) is 2. The Morgan fingerprint density at radius 3 is 1.32 bits per heavy atom. The molecule has 284 valence electrons. The van der Waals surface area contributed by atoms with Crippen molar-refractivity contribution in [3.8, 4) is 23.4 Å². The van der Waals surface area contributed by atoms with Crippen molar-refractivity contribution in [2.45, 2.75) is 125 Å². The molecule has 2 aliphatic rings. The second-order valence-electron chi connectivity index (χ2n) is 15.8. The normalized spacial score (nSPS) is 15.0. The fourth-order valence-electron chi connectivity index (χ4n) is 3.98. The standard InChI is InChI=1S/C16H27NO3Si.C13H24N2O4.C5H10Si.C2H5.BrH.Mg/c1-16(2,3)20-15(19)17-10-7-13(8-11-17)14(18)9-12-21(4,5)6;1-13(2,3)19-12(17)15-8-6-10(7-9-15)11(16)14(4)18-5;1-5-6(2,3)4;1-2;;/h13H,7-8,10-11H2,1-6H3;10H,6-9H2,1-5H3;1H,2-4H3;1H2,2H3;1H;/q;;;-1;;+2/p-1. The SMILES string of the molecule is C#C[Si](C)(C)C.CC(C)(C)OC(=O)N1CCC(C(=O)C#C[Si](C)(C)C)CC1.CON(C)C(=O)C1CCN(C(=O)OC(C)(C)C)CC1.[Br-].[CH2-]C.[Mg+2]. The summed E-state index contributed by atoms with van der Waals surface area (Å²) < 4.78 is 10.7. The monoisotopic (exact) mass is 811 g/mol. The zero-order chi connectivity index (χ0) is 38.1. The van der Waals surface area contributed by atoms with Gasteiger partial charge in [0, 0.05) is 45.1 Å². The summed E-state index contributed by atoms with van der Waals surface area (Å²) in [5.41, 5.74) is 4.90. The molecule has 0 aromatic rings. The molecule has 2 saturated heterocycles. The molecule has 0 aromatic carbocycles. The Kier molecular flexibility index (Phi) is 28.1. The molecule has 14 heteroatoms. The minimum atomic E-state index is -1.51. The molecular formula is C36H66BrMgN3O7Si2. The molecule has 0 unspecified atom stereocenters. The summed E-state index contributed by atoms with van der Waals surface area (Å²) in [6.45, 7) is 31.1. The molecule has 0 atom stereocenters. The first kappa shape index (κ1) is 55.2. The fraction of sp³-hybridized carbons (Fsp3) is 0.750. The molecule has 3 amide bonds.